The van der Waals surface area contributed by atoms with E-state index in [-0.39, 0.29) is 18.0 Å². The summed E-state index contributed by atoms with van der Waals surface area (Å²) >= 11 is 0. The first kappa shape index (κ1) is 14.7. The number of nitrogens with zero attached hydrogens (tertiary/aromatic N) is 2. The van der Waals surface area contributed by atoms with Gasteiger partial charge in [0.2, 0.25) is 11.8 Å². The monoisotopic (exact) mass is 279 g/mol. The van der Waals surface area contributed by atoms with Gasteiger partial charge in [0.05, 0.1) is 19.8 Å². The van der Waals surface area contributed by atoms with Gasteiger partial charge in [-0.15, -0.1) is 0 Å². The molecule has 2 unspecified atom stereocenters. The summed E-state index contributed by atoms with van der Waals surface area (Å²) in [5.41, 5.74) is 7.15. The van der Waals surface area contributed by atoms with Gasteiger partial charge in [0.15, 0.2) is 0 Å². The van der Waals surface area contributed by atoms with Gasteiger partial charge in [-0.1, -0.05) is 0 Å². The van der Waals surface area contributed by atoms with Gasteiger partial charge in [0.25, 0.3) is 0 Å². The van der Waals surface area contributed by atoms with Crippen LogP contribution in [0.3, 0.4) is 0 Å². The zero-order valence-electron chi connectivity index (χ0n) is 11.9. The number of nitrogens with two attached hydrogens (primary N) is 1. The number of carbonyl (C=O) groups excluding carboxylic acids is 1. The van der Waals surface area contributed by atoms with Crippen LogP contribution in [0.1, 0.15) is 24.4 Å². The van der Waals surface area contributed by atoms with Crippen LogP contribution in [0.2, 0.25) is 0 Å². The number of ether oxygens (including phenoxy) is 2. The first-order valence-electron chi connectivity index (χ1n) is 6.71. The van der Waals surface area contributed by atoms with Crippen molar-refractivity contribution in [2.24, 2.45) is 5.73 Å². The molecular formula is C14H21N3O3. The minimum atomic E-state index is -0.148. The number of aromatic nitrogens is 1. The SMILES string of the molecule is COCCN1C(=O)CCC(N)C1c1ccc(OC)nc1. The summed E-state index contributed by atoms with van der Waals surface area (Å²) in [5.74, 6) is 0.664. The fourth-order valence-electron chi connectivity index (χ4n) is 2.55. The number of likely N-dealkylation sites (tertiary alicyclic amines) is 1. The number of piperidine rings is 1. The summed E-state index contributed by atoms with van der Waals surface area (Å²) in [6.45, 7) is 1.04. The van der Waals surface area contributed by atoms with E-state index in [1.807, 2.05) is 6.07 Å². The highest BCUT2D eigenvalue weighted by molar-refractivity contribution is 5.78. The van der Waals surface area contributed by atoms with Crippen LogP contribution in [-0.4, -0.2) is 49.2 Å². The molecular weight excluding hydrogens is 258 g/mol. The van der Waals surface area contributed by atoms with Gasteiger partial charge in [-0.2, -0.15) is 0 Å². The van der Waals surface area contributed by atoms with Gasteiger partial charge >= 0.3 is 0 Å². The lowest BCUT2D eigenvalue weighted by atomic mass is 9.91. The van der Waals surface area contributed by atoms with Gasteiger partial charge in [-0.05, 0) is 18.1 Å². The summed E-state index contributed by atoms with van der Waals surface area (Å²) in [5, 5.41) is 0. The molecule has 0 spiro atoms. The summed E-state index contributed by atoms with van der Waals surface area (Å²) in [4.78, 5) is 18.1. The molecule has 1 aliphatic heterocycles. The Hall–Kier alpha value is -1.66. The van der Waals surface area contributed by atoms with E-state index >= 15 is 0 Å². The van der Waals surface area contributed by atoms with Crippen molar-refractivity contribution in [3.05, 3.63) is 23.9 Å². The molecule has 1 aromatic rings. The standard InChI is InChI=1S/C14H21N3O3/c1-19-8-7-17-13(18)6-4-11(15)14(17)10-3-5-12(20-2)16-9-10/h3,5,9,11,14H,4,6-8,15H2,1-2H3. The van der Waals surface area contributed by atoms with E-state index in [0.717, 1.165) is 5.56 Å². The third kappa shape index (κ3) is 3.08. The molecule has 1 fully saturated rings. The zero-order valence-corrected chi connectivity index (χ0v) is 11.9. The summed E-state index contributed by atoms with van der Waals surface area (Å²) in [6, 6.07) is 3.47. The number of rotatable bonds is 5. The Bertz CT molecular complexity index is 449. The summed E-state index contributed by atoms with van der Waals surface area (Å²) in [7, 11) is 3.20. The molecule has 1 saturated heterocycles. The maximum absolute atomic E-state index is 12.1. The molecule has 2 N–H and O–H groups in total. The largest absolute Gasteiger partial charge is 0.481 e. The second-order valence-electron chi connectivity index (χ2n) is 4.86. The third-order valence-corrected chi connectivity index (χ3v) is 3.60. The molecule has 0 bridgehead atoms. The van der Waals surface area contributed by atoms with Crippen molar-refractivity contribution in [1.82, 2.24) is 9.88 Å². The molecule has 2 atom stereocenters. The van der Waals surface area contributed by atoms with Crippen LogP contribution in [0.5, 0.6) is 5.88 Å². The maximum Gasteiger partial charge on any atom is 0.223 e. The van der Waals surface area contributed by atoms with Crippen LogP contribution in [0.15, 0.2) is 18.3 Å². The number of pyridine rings is 1. The second-order valence-corrected chi connectivity index (χ2v) is 4.86. The normalized spacial score (nSPS) is 22.9. The van der Waals surface area contributed by atoms with Crippen molar-refractivity contribution in [3.8, 4) is 5.88 Å². The Kier molecular flexibility index (Phi) is 4.92. The van der Waals surface area contributed by atoms with Gasteiger partial charge in [0, 0.05) is 38.4 Å². The Balaban J connectivity index is 2.24. The van der Waals surface area contributed by atoms with Crippen LogP contribution in [0.4, 0.5) is 0 Å². The lowest BCUT2D eigenvalue weighted by Gasteiger charge is -2.39. The summed E-state index contributed by atoms with van der Waals surface area (Å²) < 4.78 is 10.1. The van der Waals surface area contributed by atoms with E-state index < -0.39 is 0 Å². The van der Waals surface area contributed by atoms with Crippen LogP contribution >= 0.6 is 0 Å². The van der Waals surface area contributed by atoms with Crippen molar-refractivity contribution in [1.29, 1.82) is 0 Å². The van der Waals surface area contributed by atoms with Gasteiger partial charge in [0.1, 0.15) is 0 Å². The molecule has 1 aromatic heterocycles. The molecule has 6 nitrogen and oxygen atoms in total. The Morgan fingerprint density at radius 2 is 2.25 bits per heavy atom. The first-order valence-corrected chi connectivity index (χ1v) is 6.71. The van der Waals surface area contributed by atoms with Gasteiger partial charge in [-0.3, -0.25) is 4.79 Å². The van der Waals surface area contributed by atoms with Crippen LogP contribution in [-0.2, 0) is 9.53 Å². The molecule has 2 rings (SSSR count). The highest BCUT2D eigenvalue weighted by Crippen LogP contribution is 2.30. The highest BCUT2D eigenvalue weighted by Gasteiger charge is 2.34. The highest BCUT2D eigenvalue weighted by atomic mass is 16.5. The molecule has 1 aliphatic rings. The number of hydrogen-bond donors (Lipinski definition) is 1. The summed E-state index contributed by atoms with van der Waals surface area (Å²) in [6.07, 6.45) is 2.91. The average molecular weight is 279 g/mol. The van der Waals surface area contributed by atoms with Crippen LogP contribution < -0.4 is 10.5 Å². The Labute approximate surface area is 118 Å². The van der Waals surface area contributed by atoms with Crippen molar-refractivity contribution in [3.63, 3.8) is 0 Å². The van der Waals surface area contributed by atoms with Gasteiger partial charge < -0.3 is 20.1 Å². The van der Waals surface area contributed by atoms with Crippen LogP contribution in [0, 0.1) is 0 Å². The molecule has 20 heavy (non-hydrogen) atoms. The minimum absolute atomic E-state index is 0.0836. The number of amides is 1. The van der Waals surface area contributed by atoms with E-state index in [1.165, 1.54) is 0 Å². The number of hydrogen-bond acceptors (Lipinski definition) is 5. The molecule has 0 radical (unpaired) electrons. The molecule has 110 valence electrons. The van der Waals surface area contributed by atoms with E-state index in [0.29, 0.717) is 31.9 Å². The minimum Gasteiger partial charge on any atom is -0.481 e. The smallest absolute Gasteiger partial charge is 0.223 e. The third-order valence-electron chi connectivity index (χ3n) is 3.60. The van der Waals surface area contributed by atoms with Crippen molar-refractivity contribution in [2.45, 2.75) is 24.9 Å². The lowest BCUT2D eigenvalue weighted by molar-refractivity contribution is -0.138. The Morgan fingerprint density at radius 3 is 2.85 bits per heavy atom. The average Bonchev–Trinajstić information content (AvgIpc) is 2.48. The van der Waals surface area contributed by atoms with E-state index in [4.69, 9.17) is 15.2 Å². The first-order chi connectivity index (χ1) is 9.67. The molecule has 2 heterocycles. The quantitative estimate of drug-likeness (QED) is 0.859. The molecule has 1 amide bonds. The molecule has 6 heteroatoms. The number of carbonyl (C=O) groups is 1. The predicted molar refractivity (Wildman–Crippen MR) is 74.3 cm³/mol. The topological polar surface area (TPSA) is 77.7 Å². The van der Waals surface area contributed by atoms with Crippen LogP contribution in [0.25, 0.3) is 0 Å². The fourth-order valence-corrected chi connectivity index (χ4v) is 2.55. The number of methoxy groups -OCH3 is 2. The second kappa shape index (κ2) is 6.67. The maximum atomic E-state index is 12.1. The molecule has 0 aliphatic carbocycles. The van der Waals surface area contributed by atoms with E-state index in [9.17, 15) is 4.79 Å². The van der Waals surface area contributed by atoms with E-state index in [2.05, 4.69) is 4.98 Å². The fraction of sp³-hybridized carbons (Fsp3) is 0.571. The molecule has 0 saturated carbocycles. The van der Waals surface area contributed by atoms with Crippen molar-refractivity contribution >= 4 is 5.91 Å². The van der Waals surface area contributed by atoms with E-state index in [1.54, 1.807) is 31.4 Å². The predicted octanol–water partition coefficient (Wildman–Crippen LogP) is 0.727. The lowest BCUT2D eigenvalue weighted by Crippen LogP contribution is -2.49. The molecule has 0 aromatic carbocycles. The Morgan fingerprint density at radius 1 is 1.45 bits per heavy atom. The van der Waals surface area contributed by atoms with Crippen molar-refractivity contribution in [2.75, 3.05) is 27.4 Å². The van der Waals surface area contributed by atoms with Crippen molar-refractivity contribution < 1.29 is 14.3 Å². The zero-order chi connectivity index (χ0) is 14.5. The van der Waals surface area contributed by atoms with Gasteiger partial charge in [-0.25, -0.2) is 4.98 Å².